The molecule has 1 N–H and O–H groups in total. The quantitative estimate of drug-likeness (QED) is 0.839. The number of benzene rings is 1. The summed E-state index contributed by atoms with van der Waals surface area (Å²) in [6.07, 6.45) is 4.54. The monoisotopic (exact) mass is 320 g/mol. The molecule has 2 rings (SSSR count). The van der Waals surface area contributed by atoms with Crippen LogP contribution in [-0.4, -0.2) is 44.2 Å². The van der Waals surface area contributed by atoms with Gasteiger partial charge in [-0.05, 0) is 43.4 Å². The predicted molar refractivity (Wildman–Crippen MR) is 90.9 cm³/mol. The van der Waals surface area contributed by atoms with Gasteiger partial charge in [-0.3, -0.25) is 4.79 Å². The van der Waals surface area contributed by atoms with Crippen molar-refractivity contribution in [3.8, 4) is 11.5 Å². The number of amides is 1. The van der Waals surface area contributed by atoms with Crippen LogP contribution in [0.1, 0.15) is 38.2 Å². The van der Waals surface area contributed by atoms with Crippen molar-refractivity contribution in [3.63, 3.8) is 0 Å². The fourth-order valence-electron chi connectivity index (χ4n) is 3.16. The molecular formula is C18H28N2O3. The summed E-state index contributed by atoms with van der Waals surface area (Å²) in [5.74, 6) is 1.63. The zero-order chi connectivity index (χ0) is 16.7. The summed E-state index contributed by atoms with van der Waals surface area (Å²) in [6.45, 7) is 4.07. The lowest BCUT2D eigenvalue weighted by atomic mass is 10.00. The van der Waals surface area contributed by atoms with Gasteiger partial charge in [0.1, 0.15) is 0 Å². The Kier molecular flexibility index (Phi) is 6.71. The third-order valence-electron chi connectivity index (χ3n) is 4.47. The fraction of sp³-hybridized carbons (Fsp3) is 0.611. The van der Waals surface area contributed by atoms with Crippen molar-refractivity contribution < 1.29 is 14.3 Å². The van der Waals surface area contributed by atoms with Crippen LogP contribution in [0.4, 0.5) is 0 Å². The first-order valence-electron chi connectivity index (χ1n) is 8.40. The Balaban J connectivity index is 1.85. The molecule has 0 aliphatic carbocycles. The molecule has 1 heterocycles. The maximum Gasteiger partial charge on any atom is 0.236 e. The van der Waals surface area contributed by atoms with Crippen molar-refractivity contribution in [2.24, 2.45) is 0 Å². The van der Waals surface area contributed by atoms with Gasteiger partial charge in [-0.25, -0.2) is 0 Å². The largest absolute Gasteiger partial charge is 0.493 e. The number of likely N-dealkylation sites (tertiary alicyclic amines) is 1. The minimum Gasteiger partial charge on any atom is -0.493 e. The van der Waals surface area contributed by atoms with Crippen molar-refractivity contribution in [1.29, 1.82) is 0 Å². The molecule has 5 nitrogen and oxygen atoms in total. The van der Waals surface area contributed by atoms with Crippen LogP contribution in [0.15, 0.2) is 18.2 Å². The summed E-state index contributed by atoms with van der Waals surface area (Å²) >= 11 is 0. The van der Waals surface area contributed by atoms with Crippen LogP contribution in [0.25, 0.3) is 0 Å². The maximum absolute atomic E-state index is 12.4. The van der Waals surface area contributed by atoms with Crippen LogP contribution in [0.5, 0.6) is 11.5 Å². The van der Waals surface area contributed by atoms with Gasteiger partial charge in [0.25, 0.3) is 0 Å². The van der Waals surface area contributed by atoms with Crippen LogP contribution < -0.4 is 14.8 Å². The number of piperidine rings is 1. The first-order valence-corrected chi connectivity index (χ1v) is 8.40. The van der Waals surface area contributed by atoms with E-state index in [0.717, 1.165) is 31.4 Å². The zero-order valence-electron chi connectivity index (χ0n) is 14.4. The number of carbonyl (C=O) groups excluding carboxylic acids is 1. The average molecular weight is 320 g/mol. The molecule has 1 fully saturated rings. The van der Waals surface area contributed by atoms with E-state index in [0.29, 0.717) is 30.6 Å². The number of ether oxygens (including phenoxy) is 2. The number of hydrogen-bond acceptors (Lipinski definition) is 4. The van der Waals surface area contributed by atoms with E-state index in [2.05, 4.69) is 12.2 Å². The lowest BCUT2D eigenvalue weighted by Crippen LogP contribution is -2.46. The number of nitrogens with one attached hydrogen (secondary N) is 1. The number of hydrogen-bond donors (Lipinski definition) is 1. The van der Waals surface area contributed by atoms with Crippen LogP contribution in [0.2, 0.25) is 0 Å². The molecule has 0 aromatic heterocycles. The first-order chi connectivity index (χ1) is 11.2. The zero-order valence-corrected chi connectivity index (χ0v) is 14.4. The number of carbonyl (C=O) groups is 1. The Morgan fingerprint density at radius 3 is 2.74 bits per heavy atom. The van der Waals surface area contributed by atoms with Crippen LogP contribution >= 0.6 is 0 Å². The highest BCUT2D eigenvalue weighted by Gasteiger charge is 2.24. The summed E-state index contributed by atoms with van der Waals surface area (Å²) in [4.78, 5) is 14.4. The molecule has 1 unspecified atom stereocenters. The molecule has 1 aromatic carbocycles. The lowest BCUT2D eigenvalue weighted by molar-refractivity contribution is -0.134. The van der Waals surface area contributed by atoms with Crippen molar-refractivity contribution in [2.45, 2.75) is 45.2 Å². The Hall–Kier alpha value is -1.75. The van der Waals surface area contributed by atoms with Crippen molar-refractivity contribution in [3.05, 3.63) is 23.8 Å². The van der Waals surface area contributed by atoms with Gasteiger partial charge >= 0.3 is 0 Å². The molecule has 1 saturated heterocycles. The Bertz CT molecular complexity index is 519. The second kappa shape index (κ2) is 8.77. The average Bonchev–Trinajstić information content (AvgIpc) is 2.61. The summed E-state index contributed by atoms with van der Waals surface area (Å²) < 4.78 is 10.5. The van der Waals surface area contributed by atoms with Gasteiger partial charge in [-0.1, -0.05) is 13.0 Å². The SMILES string of the molecule is CCC1CCCCN1C(=O)CNCc1ccc(OC)c(OC)c1. The normalized spacial score (nSPS) is 17.9. The van der Waals surface area contributed by atoms with E-state index in [1.807, 2.05) is 23.1 Å². The molecule has 0 radical (unpaired) electrons. The molecule has 128 valence electrons. The molecule has 1 amide bonds. The molecular weight excluding hydrogens is 292 g/mol. The summed E-state index contributed by atoms with van der Waals surface area (Å²) in [6, 6.07) is 6.22. The fourth-order valence-corrected chi connectivity index (χ4v) is 3.16. The van der Waals surface area contributed by atoms with Gasteiger partial charge in [0.2, 0.25) is 5.91 Å². The minimum atomic E-state index is 0.206. The predicted octanol–water partition coefficient (Wildman–Crippen LogP) is 2.58. The summed E-state index contributed by atoms with van der Waals surface area (Å²) in [5, 5.41) is 3.24. The van der Waals surface area contributed by atoms with Crippen molar-refractivity contribution in [2.75, 3.05) is 27.3 Å². The smallest absolute Gasteiger partial charge is 0.236 e. The maximum atomic E-state index is 12.4. The van der Waals surface area contributed by atoms with Gasteiger partial charge in [-0.15, -0.1) is 0 Å². The molecule has 1 aromatic rings. The molecule has 0 spiro atoms. The number of methoxy groups -OCH3 is 2. The van der Waals surface area contributed by atoms with Crippen LogP contribution in [-0.2, 0) is 11.3 Å². The Labute approximate surface area is 139 Å². The number of nitrogens with zero attached hydrogens (tertiary/aromatic N) is 1. The second-order valence-corrected chi connectivity index (χ2v) is 5.94. The van der Waals surface area contributed by atoms with Crippen molar-refractivity contribution >= 4 is 5.91 Å². The molecule has 5 heteroatoms. The van der Waals surface area contributed by atoms with E-state index >= 15 is 0 Å². The Morgan fingerprint density at radius 1 is 1.26 bits per heavy atom. The van der Waals surface area contributed by atoms with E-state index < -0.39 is 0 Å². The van der Waals surface area contributed by atoms with E-state index in [4.69, 9.17) is 9.47 Å². The van der Waals surface area contributed by atoms with Gasteiger partial charge < -0.3 is 19.7 Å². The highest BCUT2D eigenvalue weighted by molar-refractivity contribution is 5.78. The molecule has 23 heavy (non-hydrogen) atoms. The third kappa shape index (κ3) is 4.61. The topological polar surface area (TPSA) is 50.8 Å². The molecule has 1 atom stereocenters. The standard InChI is InChI=1S/C18H28N2O3/c1-4-15-7-5-6-10-20(15)18(21)13-19-12-14-8-9-16(22-2)17(11-14)23-3/h8-9,11,15,19H,4-7,10,12-13H2,1-3H3. The van der Waals surface area contributed by atoms with Gasteiger partial charge in [0, 0.05) is 19.1 Å². The summed E-state index contributed by atoms with van der Waals surface area (Å²) in [5.41, 5.74) is 1.07. The van der Waals surface area contributed by atoms with Crippen LogP contribution in [0, 0.1) is 0 Å². The molecule has 0 bridgehead atoms. The van der Waals surface area contributed by atoms with Crippen LogP contribution in [0.3, 0.4) is 0 Å². The third-order valence-corrected chi connectivity index (χ3v) is 4.47. The lowest BCUT2D eigenvalue weighted by Gasteiger charge is -2.35. The van der Waals surface area contributed by atoms with Crippen molar-refractivity contribution in [1.82, 2.24) is 10.2 Å². The second-order valence-electron chi connectivity index (χ2n) is 5.94. The first kappa shape index (κ1) is 17.6. The number of rotatable bonds is 7. The molecule has 1 aliphatic rings. The van der Waals surface area contributed by atoms with E-state index in [-0.39, 0.29) is 5.91 Å². The van der Waals surface area contributed by atoms with Gasteiger partial charge in [0.15, 0.2) is 11.5 Å². The van der Waals surface area contributed by atoms with E-state index in [1.54, 1.807) is 14.2 Å². The highest BCUT2D eigenvalue weighted by Crippen LogP contribution is 2.27. The summed E-state index contributed by atoms with van der Waals surface area (Å²) in [7, 11) is 3.25. The van der Waals surface area contributed by atoms with Gasteiger partial charge in [0.05, 0.1) is 20.8 Å². The Morgan fingerprint density at radius 2 is 2.04 bits per heavy atom. The van der Waals surface area contributed by atoms with Gasteiger partial charge in [-0.2, -0.15) is 0 Å². The van der Waals surface area contributed by atoms with E-state index in [9.17, 15) is 4.79 Å². The minimum absolute atomic E-state index is 0.206. The highest BCUT2D eigenvalue weighted by atomic mass is 16.5. The van der Waals surface area contributed by atoms with E-state index in [1.165, 1.54) is 6.42 Å². The molecule has 1 aliphatic heterocycles. The molecule has 0 saturated carbocycles.